The molecule has 0 aliphatic carbocycles. The minimum Gasteiger partial charge on any atom is -0.356 e. The first-order valence-electron chi connectivity index (χ1n) is 7.99. The Hall–Kier alpha value is -1.59. The lowest BCUT2D eigenvalue weighted by Crippen LogP contribution is -2.54. The fourth-order valence-corrected chi connectivity index (χ4v) is 3.40. The third-order valence-electron chi connectivity index (χ3n) is 4.61. The molecular weight excluding hydrogens is 316 g/mol. The summed E-state index contributed by atoms with van der Waals surface area (Å²) in [5.74, 6) is -0.142. The van der Waals surface area contributed by atoms with Gasteiger partial charge in [0.05, 0.1) is 6.04 Å². The lowest BCUT2D eigenvalue weighted by atomic mass is 9.96. The van der Waals surface area contributed by atoms with E-state index in [1.54, 1.807) is 24.1 Å². The average molecular weight is 337 g/mol. The summed E-state index contributed by atoms with van der Waals surface area (Å²) < 4.78 is 5.66. The summed E-state index contributed by atoms with van der Waals surface area (Å²) in [5, 5.41) is 0.623. The van der Waals surface area contributed by atoms with Crippen molar-refractivity contribution in [3.8, 4) is 0 Å². The molecule has 2 amide bonds. The molecule has 0 unspecified atom stereocenters. The highest BCUT2D eigenvalue weighted by atomic mass is 35.5. The highest BCUT2D eigenvalue weighted by Gasteiger charge is 2.41. The van der Waals surface area contributed by atoms with Gasteiger partial charge in [-0.2, -0.15) is 0 Å². The maximum atomic E-state index is 12.9. The average Bonchev–Trinajstić information content (AvgIpc) is 2.58. The van der Waals surface area contributed by atoms with Crippen molar-refractivity contribution in [3.63, 3.8) is 0 Å². The zero-order valence-corrected chi connectivity index (χ0v) is 14.0. The van der Waals surface area contributed by atoms with Crippen LogP contribution in [0.2, 0.25) is 5.02 Å². The molecule has 0 aromatic heterocycles. The molecule has 1 aromatic rings. The number of benzene rings is 1. The number of piperidine rings is 1. The molecule has 2 saturated heterocycles. The van der Waals surface area contributed by atoms with E-state index in [-0.39, 0.29) is 18.4 Å². The summed E-state index contributed by atoms with van der Waals surface area (Å²) in [6, 6.07) is 6.82. The summed E-state index contributed by atoms with van der Waals surface area (Å²) in [6.07, 6.45) is 2.56. The van der Waals surface area contributed by atoms with E-state index in [0.29, 0.717) is 5.02 Å². The highest BCUT2D eigenvalue weighted by molar-refractivity contribution is 6.30. The van der Waals surface area contributed by atoms with Crippen LogP contribution in [0.3, 0.4) is 0 Å². The van der Waals surface area contributed by atoms with Gasteiger partial charge >= 0.3 is 0 Å². The number of hydrogen-bond donors (Lipinski definition) is 0. The number of halogens is 1. The quantitative estimate of drug-likeness (QED) is 0.832. The van der Waals surface area contributed by atoms with Gasteiger partial charge in [0.1, 0.15) is 6.61 Å². The van der Waals surface area contributed by atoms with Gasteiger partial charge in [0.2, 0.25) is 5.91 Å². The Morgan fingerprint density at radius 2 is 1.83 bits per heavy atom. The van der Waals surface area contributed by atoms with Crippen molar-refractivity contribution in [2.24, 2.45) is 0 Å². The van der Waals surface area contributed by atoms with Crippen molar-refractivity contribution < 1.29 is 14.3 Å². The summed E-state index contributed by atoms with van der Waals surface area (Å²) in [4.78, 5) is 28.4. The maximum Gasteiger partial charge on any atom is 0.254 e. The molecule has 2 fully saturated rings. The van der Waals surface area contributed by atoms with Gasteiger partial charge in [-0.15, -0.1) is 0 Å². The Balaban J connectivity index is 1.87. The number of carbonyl (C=O) groups excluding carboxylic acids is 2. The molecular formula is C17H21ClN2O3. The van der Waals surface area contributed by atoms with Gasteiger partial charge in [-0.3, -0.25) is 9.59 Å². The Kier molecular flexibility index (Phi) is 4.87. The Morgan fingerprint density at radius 1 is 1.17 bits per heavy atom. The predicted molar refractivity (Wildman–Crippen MR) is 87.1 cm³/mol. The molecule has 0 spiro atoms. The normalized spacial score (nSPS) is 25.6. The number of likely N-dealkylation sites (N-methyl/N-ethyl adjacent to an activating group) is 1. The number of likely N-dealkylation sites (tertiary alicyclic amines) is 1. The Morgan fingerprint density at radius 3 is 2.48 bits per heavy atom. The first kappa shape index (κ1) is 16.3. The van der Waals surface area contributed by atoms with Crippen molar-refractivity contribution in [1.82, 2.24) is 9.80 Å². The van der Waals surface area contributed by atoms with Crippen molar-refractivity contribution in [1.29, 1.82) is 0 Å². The third kappa shape index (κ3) is 3.35. The van der Waals surface area contributed by atoms with Gasteiger partial charge in [-0.1, -0.05) is 23.7 Å². The number of amides is 2. The van der Waals surface area contributed by atoms with Crippen molar-refractivity contribution in [3.05, 3.63) is 34.9 Å². The molecule has 2 aliphatic heterocycles. The van der Waals surface area contributed by atoms with Crippen LogP contribution >= 0.6 is 11.6 Å². The molecule has 23 heavy (non-hydrogen) atoms. The SMILES string of the molecule is CN1C(=O)CO[C@@H](C(=O)N2CCCCC2)[C@@H]1c1ccc(Cl)cc1. The van der Waals surface area contributed by atoms with E-state index >= 15 is 0 Å². The van der Waals surface area contributed by atoms with Crippen LogP contribution in [0, 0.1) is 0 Å². The summed E-state index contributed by atoms with van der Waals surface area (Å²) in [6.45, 7) is 1.48. The lowest BCUT2D eigenvalue weighted by molar-refractivity contribution is -0.167. The molecule has 1 aromatic carbocycles. The molecule has 5 nitrogen and oxygen atoms in total. The van der Waals surface area contributed by atoms with Crippen LogP contribution in [-0.2, 0) is 14.3 Å². The van der Waals surface area contributed by atoms with Gasteiger partial charge in [-0.25, -0.2) is 0 Å². The van der Waals surface area contributed by atoms with Crippen LogP contribution < -0.4 is 0 Å². The molecule has 2 atom stereocenters. The van der Waals surface area contributed by atoms with E-state index < -0.39 is 12.1 Å². The Labute approximate surface area is 141 Å². The zero-order chi connectivity index (χ0) is 16.4. The van der Waals surface area contributed by atoms with Gasteiger partial charge in [0.15, 0.2) is 6.10 Å². The summed E-state index contributed by atoms with van der Waals surface area (Å²) in [5.41, 5.74) is 0.861. The molecule has 2 heterocycles. The number of nitrogens with zero attached hydrogens (tertiary/aromatic N) is 2. The molecule has 0 N–H and O–H groups in total. The second-order valence-electron chi connectivity index (χ2n) is 6.12. The van der Waals surface area contributed by atoms with E-state index in [4.69, 9.17) is 16.3 Å². The molecule has 0 radical (unpaired) electrons. The topological polar surface area (TPSA) is 49.9 Å². The van der Waals surface area contributed by atoms with E-state index in [1.165, 1.54) is 0 Å². The van der Waals surface area contributed by atoms with Crippen molar-refractivity contribution in [2.45, 2.75) is 31.4 Å². The van der Waals surface area contributed by atoms with E-state index in [9.17, 15) is 9.59 Å². The van der Waals surface area contributed by atoms with Crippen LogP contribution in [0.4, 0.5) is 0 Å². The van der Waals surface area contributed by atoms with Crippen LogP contribution in [0.15, 0.2) is 24.3 Å². The lowest BCUT2D eigenvalue weighted by Gasteiger charge is -2.41. The molecule has 0 saturated carbocycles. The van der Waals surface area contributed by atoms with Crippen LogP contribution in [0.5, 0.6) is 0 Å². The largest absolute Gasteiger partial charge is 0.356 e. The fourth-order valence-electron chi connectivity index (χ4n) is 3.27. The number of ether oxygens (including phenoxy) is 1. The van der Waals surface area contributed by atoms with E-state index in [1.807, 2.05) is 17.0 Å². The van der Waals surface area contributed by atoms with Crippen LogP contribution in [-0.4, -0.2) is 54.5 Å². The summed E-state index contributed by atoms with van der Waals surface area (Å²) >= 11 is 5.95. The van der Waals surface area contributed by atoms with Crippen LogP contribution in [0.1, 0.15) is 30.9 Å². The van der Waals surface area contributed by atoms with Crippen molar-refractivity contribution >= 4 is 23.4 Å². The zero-order valence-electron chi connectivity index (χ0n) is 13.2. The number of rotatable bonds is 2. The number of morpholine rings is 1. The van der Waals surface area contributed by atoms with Gasteiger partial charge < -0.3 is 14.5 Å². The molecule has 124 valence electrons. The van der Waals surface area contributed by atoms with Gasteiger partial charge in [-0.05, 0) is 37.0 Å². The van der Waals surface area contributed by atoms with Crippen molar-refractivity contribution in [2.75, 3.05) is 26.7 Å². The number of hydrogen-bond acceptors (Lipinski definition) is 3. The predicted octanol–water partition coefficient (Wildman–Crippen LogP) is 2.25. The van der Waals surface area contributed by atoms with Gasteiger partial charge in [0, 0.05) is 25.2 Å². The smallest absolute Gasteiger partial charge is 0.254 e. The highest BCUT2D eigenvalue weighted by Crippen LogP contribution is 2.31. The molecule has 3 rings (SSSR count). The van der Waals surface area contributed by atoms with E-state index in [0.717, 1.165) is 37.9 Å². The second kappa shape index (κ2) is 6.89. The molecule has 2 aliphatic rings. The fraction of sp³-hybridized carbons (Fsp3) is 0.529. The van der Waals surface area contributed by atoms with Gasteiger partial charge in [0.25, 0.3) is 5.91 Å². The first-order chi connectivity index (χ1) is 11.1. The summed E-state index contributed by atoms with van der Waals surface area (Å²) in [7, 11) is 1.72. The third-order valence-corrected chi connectivity index (χ3v) is 4.86. The maximum absolute atomic E-state index is 12.9. The molecule has 0 bridgehead atoms. The first-order valence-corrected chi connectivity index (χ1v) is 8.37. The second-order valence-corrected chi connectivity index (χ2v) is 6.56. The standard InChI is InChI=1S/C17H21ClN2O3/c1-19-14(21)11-23-16(17(22)20-9-3-2-4-10-20)15(19)12-5-7-13(18)8-6-12/h5-8,15-16H,2-4,9-11H2,1H3/t15-,16+/m0/s1. The monoisotopic (exact) mass is 336 g/mol. The molecule has 6 heteroatoms. The number of carbonyl (C=O) groups is 2. The Bertz CT molecular complexity index is 584. The minimum atomic E-state index is -0.656. The van der Waals surface area contributed by atoms with E-state index in [2.05, 4.69) is 0 Å². The van der Waals surface area contributed by atoms with Crippen LogP contribution in [0.25, 0.3) is 0 Å². The minimum absolute atomic E-state index is 0.0241.